The van der Waals surface area contributed by atoms with Crippen molar-refractivity contribution in [2.24, 2.45) is 0 Å². The van der Waals surface area contributed by atoms with Gasteiger partial charge in [-0.3, -0.25) is 19.2 Å². The van der Waals surface area contributed by atoms with Crippen molar-refractivity contribution < 1.29 is 37.6 Å². The molecule has 1 rings (SSSR count). The smallest absolute Gasteiger partial charge is 0.364 e. The van der Waals surface area contributed by atoms with E-state index in [2.05, 4.69) is 13.6 Å². The zero-order valence-electron chi connectivity index (χ0n) is 12.6. The predicted molar refractivity (Wildman–Crippen MR) is 80.1 cm³/mol. The summed E-state index contributed by atoms with van der Waals surface area (Å²) in [7, 11) is -8.11. The minimum Gasteiger partial charge on any atom is -0.364 e. The maximum atomic E-state index is 12.7. The normalized spacial score (nSPS) is 17.3. The Kier molecular flexibility index (Phi) is 6.23. The molecule has 2 unspecified atom stereocenters. The summed E-state index contributed by atoms with van der Waals surface area (Å²) in [5, 5.41) is 18.7. The fourth-order valence-electron chi connectivity index (χ4n) is 1.97. The highest BCUT2D eigenvalue weighted by Crippen LogP contribution is 2.79. The summed E-state index contributed by atoms with van der Waals surface area (Å²) in [6, 6.07) is 4.48. The summed E-state index contributed by atoms with van der Waals surface area (Å²) >= 11 is 0. The van der Waals surface area contributed by atoms with Crippen molar-refractivity contribution >= 4 is 20.9 Å². The van der Waals surface area contributed by atoms with Crippen LogP contribution >= 0.6 is 15.2 Å². The highest BCUT2D eigenvalue weighted by atomic mass is 31.2. The molecular weight excluding hydrogens is 352 g/mol. The molecule has 2 N–H and O–H groups in total. The number of rotatable bonds is 8. The standard InChI is InChI=1S/C11H17NO9P2/c1-4-21-22(16,17)11(13,23(18,19-2)20-3)9-7-5-6-8-10(9)12(14)15/h5-8,13H,4H2,1-3H3,(H,16,17). The van der Waals surface area contributed by atoms with E-state index in [1.807, 2.05) is 0 Å². The van der Waals surface area contributed by atoms with Crippen molar-refractivity contribution in [3.05, 3.63) is 39.9 Å². The molecule has 0 spiro atoms. The van der Waals surface area contributed by atoms with Gasteiger partial charge in [0.25, 0.3) is 5.69 Å². The van der Waals surface area contributed by atoms with Crippen molar-refractivity contribution in [3.8, 4) is 0 Å². The van der Waals surface area contributed by atoms with E-state index < -0.39 is 36.4 Å². The van der Waals surface area contributed by atoms with E-state index >= 15 is 0 Å². The van der Waals surface area contributed by atoms with Crippen molar-refractivity contribution in [1.29, 1.82) is 0 Å². The zero-order valence-corrected chi connectivity index (χ0v) is 14.4. The Labute approximate surface area is 132 Å². The molecule has 0 amide bonds. The van der Waals surface area contributed by atoms with E-state index in [1.54, 1.807) is 0 Å². The topological polar surface area (TPSA) is 145 Å². The van der Waals surface area contributed by atoms with Crippen LogP contribution in [-0.2, 0) is 27.8 Å². The first-order valence-electron chi connectivity index (χ1n) is 6.26. The molecule has 12 heteroatoms. The molecule has 0 fully saturated rings. The van der Waals surface area contributed by atoms with Gasteiger partial charge in [-0.1, -0.05) is 12.1 Å². The van der Waals surface area contributed by atoms with Crippen LogP contribution < -0.4 is 0 Å². The molecule has 0 saturated heterocycles. The average Bonchev–Trinajstić information content (AvgIpc) is 2.52. The summed E-state index contributed by atoms with van der Waals surface area (Å²) in [5.41, 5.74) is -1.45. The molecule has 130 valence electrons. The summed E-state index contributed by atoms with van der Waals surface area (Å²) in [5.74, 6) is 0. The van der Waals surface area contributed by atoms with E-state index in [0.717, 1.165) is 26.4 Å². The van der Waals surface area contributed by atoms with Crippen LogP contribution in [0.3, 0.4) is 0 Å². The SMILES string of the molecule is CCOP(=O)(O)C(O)(c1ccccc1[N+](=O)[O-])P(=O)(OC)OC. The van der Waals surface area contributed by atoms with E-state index in [9.17, 15) is 29.2 Å². The maximum absolute atomic E-state index is 12.7. The third kappa shape index (κ3) is 3.25. The average molecular weight is 369 g/mol. The van der Waals surface area contributed by atoms with Crippen LogP contribution in [0.25, 0.3) is 0 Å². The highest BCUT2D eigenvalue weighted by molar-refractivity contribution is 7.72. The van der Waals surface area contributed by atoms with Crippen molar-refractivity contribution in [2.45, 2.75) is 12.0 Å². The number of aliphatic hydroxyl groups is 1. The molecule has 23 heavy (non-hydrogen) atoms. The fraction of sp³-hybridized carbons (Fsp3) is 0.455. The summed E-state index contributed by atoms with van der Waals surface area (Å²) in [6.07, 6.45) is 0. The Hall–Kier alpha value is -1.12. The molecule has 0 saturated carbocycles. The second kappa shape index (κ2) is 7.19. The molecule has 0 aromatic heterocycles. The first-order valence-corrected chi connectivity index (χ1v) is 9.38. The Bertz CT molecular complexity index is 671. The minimum absolute atomic E-state index is 0.329. The van der Waals surface area contributed by atoms with Crippen LogP contribution in [0.5, 0.6) is 0 Å². The Morgan fingerprint density at radius 1 is 1.26 bits per heavy atom. The van der Waals surface area contributed by atoms with Crippen LogP contribution in [0, 0.1) is 10.1 Å². The lowest BCUT2D eigenvalue weighted by atomic mass is 10.2. The van der Waals surface area contributed by atoms with E-state index in [0.29, 0.717) is 0 Å². The summed E-state index contributed by atoms with van der Waals surface area (Å²) in [6.45, 7) is 1.03. The van der Waals surface area contributed by atoms with Gasteiger partial charge < -0.3 is 23.6 Å². The summed E-state index contributed by atoms with van der Waals surface area (Å²) < 4.78 is 39.1. The van der Waals surface area contributed by atoms with Crippen molar-refractivity contribution in [3.63, 3.8) is 0 Å². The van der Waals surface area contributed by atoms with Crippen LogP contribution in [0.4, 0.5) is 5.69 Å². The molecule has 2 atom stereocenters. The first kappa shape index (κ1) is 19.9. The summed E-state index contributed by atoms with van der Waals surface area (Å²) in [4.78, 5) is 20.4. The number of para-hydroxylation sites is 1. The van der Waals surface area contributed by atoms with E-state index in [4.69, 9.17) is 0 Å². The number of nitro groups is 1. The van der Waals surface area contributed by atoms with Crippen LogP contribution in [0.2, 0.25) is 0 Å². The number of benzene rings is 1. The van der Waals surface area contributed by atoms with Crippen LogP contribution in [0.15, 0.2) is 24.3 Å². The molecule has 1 aromatic rings. The molecule has 0 aliphatic carbocycles. The molecule has 0 aliphatic rings. The van der Waals surface area contributed by atoms with Crippen LogP contribution in [-0.4, -0.2) is 35.7 Å². The monoisotopic (exact) mass is 369 g/mol. The molecule has 1 aromatic carbocycles. The second-order valence-corrected chi connectivity index (χ2v) is 8.88. The zero-order chi connectivity index (χ0) is 17.9. The lowest BCUT2D eigenvalue weighted by Gasteiger charge is -2.34. The van der Waals surface area contributed by atoms with Gasteiger partial charge in [0, 0.05) is 20.3 Å². The molecule has 10 nitrogen and oxygen atoms in total. The van der Waals surface area contributed by atoms with Crippen LogP contribution in [0.1, 0.15) is 12.5 Å². The number of nitro benzene ring substituents is 1. The lowest BCUT2D eigenvalue weighted by Crippen LogP contribution is -2.29. The second-order valence-electron chi connectivity index (χ2n) is 4.21. The largest absolute Gasteiger partial charge is 0.379 e. The molecule has 0 heterocycles. The van der Waals surface area contributed by atoms with Gasteiger partial charge >= 0.3 is 20.3 Å². The Morgan fingerprint density at radius 3 is 2.22 bits per heavy atom. The fourth-order valence-corrected chi connectivity index (χ4v) is 6.03. The molecule has 0 bridgehead atoms. The molecule has 0 aliphatic heterocycles. The number of nitrogens with zero attached hydrogens (tertiary/aromatic N) is 1. The lowest BCUT2D eigenvalue weighted by molar-refractivity contribution is -0.386. The third-order valence-corrected chi connectivity index (χ3v) is 8.12. The van der Waals surface area contributed by atoms with Gasteiger partial charge in [-0.15, -0.1) is 0 Å². The van der Waals surface area contributed by atoms with Gasteiger partial charge in [0.1, 0.15) is 0 Å². The maximum Gasteiger partial charge on any atom is 0.379 e. The first-order chi connectivity index (χ1) is 10.6. The molecular formula is C11H17NO9P2. The third-order valence-electron chi connectivity index (χ3n) is 3.02. The Morgan fingerprint density at radius 2 is 1.78 bits per heavy atom. The van der Waals surface area contributed by atoms with Gasteiger partial charge in [0.05, 0.1) is 17.1 Å². The van der Waals surface area contributed by atoms with Gasteiger partial charge in [0.15, 0.2) is 0 Å². The molecule has 0 radical (unpaired) electrons. The number of hydrogen-bond donors (Lipinski definition) is 2. The highest BCUT2D eigenvalue weighted by Gasteiger charge is 2.66. The predicted octanol–water partition coefficient (Wildman–Crippen LogP) is 2.41. The van der Waals surface area contributed by atoms with Gasteiger partial charge in [-0.2, -0.15) is 0 Å². The van der Waals surface area contributed by atoms with Gasteiger partial charge in [0.2, 0.25) is 0 Å². The van der Waals surface area contributed by atoms with Gasteiger partial charge in [-0.05, 0) is 13.0 Å². The van der Waals surface area contributed by atoms with E-state index in [1.165, 1.54) is 19.1 Å². The Balaban J connectivity index is 3.85. The minimum atomic E-state index is -5.12. The van der Waals surface area contributed by atoms with Gasteiger partial charge in [-0.25, -0.2) is 0 Å². The van der Waals surface area contributed by atoms with Crippen molar-refractivity contribution in [2.75, 3.05) is 20.8 Å². The van der Waals surface area contributed by atoms with E-state index in [-0.39, 0.29) is 6.61 Å². The van der Waals surface area contributed by atoms with Crippen molar-refractivity contribution in [1.82, 2.24) is 0 Å². The quantitative estimate of drug-likeness (QED) is 0.400. The number of hydrogen-bond acceptors (Lipinski definition) is 8.